The van der Waals surface area contributed by atoms with Crippen molar-refractivity contribution in [2.75, 3.05) is 5.32 Å². The molecule has 4 heteroatoms. The molecule has 1 aromatic rings. The van der Waals surface area contributed by atoms with E-state index in [1.165, 1.54) is 0 Å². The molecule has 0 unspecified atom stereocenters. The molecule has 0 amide bonds. The molecule has 0 radical (unpaired) electrons. The van der Waals surface area contributed by atoms with Crippen molar-refractivity contribution < 1.29 is 0 Å². The Hall–Kier alpha value is -0.610. The molecule has 1 aliphatic rings. The molecule has 1 aromatic heterocycles. The summed E-state index contributed by atoms with van der Waals surface area (Å²) in [6.07, 6.45) is 6.36. The average molecular weight is 270 g/mol. The number of anilines is 1. The van der Waals surface area contributed by atoms with Gasteiger partial charge in [-0.2, -0.15) is 0 Å². The van der Waals surface area contributed by atoms with Crippen LogP contribution in [0.4, 0.5) is 5.82 Å². The van der Waals surface area contributed by atoms with Gasteiger partial charge >= 0.3 is 0 Å². The second-order valence-electron chi connectivity index (χ2n) is 4.12. The maximum atomic E-state index is 5.86. The number of aromatic nitrogens is 1. The standard InChI is InChI=1S/C11H16BrN3/c12-8-1-6-11(14-7-8)15-10-4-2-9(13)3-5-10/h1,6-7,9-10H,2-5,13H2,(H,14,15). The topological polar surface area (TPSA) is 50.9 Å². The first-order valence-corrected chi connectivity index (χ1v) is 6.17. The van der Waals surface area contributed by atoms with E-state index in [4.69, 9.17) is 5.73 Å². The van der Waals surface area contributed by atoms with Crippen LogP contribution in [0.1, 0.15) is 25.7 Å². The Morgan fingerprint density at radius 1 is 1.27 bits per heavy atom. The summed E-state index contributed by atoms with van der Waals surface area (Å²) in [5.74, 6) is 0.957. The zero-order valence-electron chi connectivity index (χ0n) is 8.62. The Balaban J connectivity index is 1.89. The molecule has 1 aliphatic carbocycles. The van der Waals surface area contributed by atoms with Gasteiger partial charge in [0.25, 0.3) is 0 Å². The number of nitrogens with two attached hydrogens (primary N) is 1. The molecule has 3 N–H and O–H groups in total. The largest absolute Gasteiger partial charge is 0.367 e. The minimum atomic E-state index is 0.404. The summed E-state index contributed by atoms with van der Waals surface area (Å²) in [6.45, 7) is 0. The number of pyridine rings is 1. The summed E-state index contributed by atoms with van der Waals surface area (Å²) < 4.78 is 1.01. The summed E-state index contributed by atoms with van der Waals surface area (Å²) in [6, 6.07) is 4.95. The van der Waals surface area contributed by atoms with E-state index in [0.717, 1.165) is 36.0 Å². The maximum Gasteiger partial charge on any atom is 0.126 e. The Kier molecular flexibility index (Phi) is 3.59. The Bertz CT molecular complexity index is 304. The summed E-state index contributed by atoms with van der Waals surface area (Å²) in [5.41, 5.74) is 5.86. The van der Waals surface area contributed by atoms with Gasteiger partial charge in [0.05, 0.1) is 0 Å². The van der Waals surface area contributed by atoms with Gasteiger partial charge in [-0.3, -0.25) is 0 Å². The molecule has 1 fully saturated rings. The van der Waals surface area contributed by atoms with E-state index in [1.807, 2.05) is 18.3 Å². The van der Waals surface area contributed by atoms with Crippen LogP contribution in [-0.4, -0.2) is 17.1 Å². The van der Waals surface area contributed by atoms with Gasteiger partial charge in [0.1, 0.15) is 5.82 Å². The van der Waals surface area contributed by atoms with Crippen LogP contribution >= 0.6 is 15.9 Å². The van der Waals surface area contributed by atoms with Crippen molar-refractivity contribution >= 4 is 21.7 Å². The highest BCUT2D eigenvalue weighted by atomic mass is 79.9. The predicted molar refractivity (Wildman–Crippen MR) is 65.8 cm³/mol. The normalized spacial score (nSPS) is 26.3. The predicted octanol–water partition coefficient (Wildman–Crippen LogP) is 2.53. The number of nitrogens with one attached hydrogen (secondary N) is 1. The van der Waals surface area contributed by atoms with Crippen molar-refractivity contribution in [1.29, 1.82) is 0 Å². The molecule has 3 nitrogen and oxygen atoms in total. The molecule has 1 saturated carbocycles. The van der Waals surface area contributed by atoms with E-state index in [2.05, 4.69) is 26.2 Å². The molecule has 1 heterocycles. The Morgan fingerprint density at radius 2 is 2.00 bits per heavy atom. The van der Waals surface area contributed by atoms with Gasteiger partial charge in [-0.25, -0.2) is 4.98 Å². The number of rotatable bonds is 2. The van der Waals surface area contributed by atoms with Crippen LogP contribution in [0, 0.1) is 0 Å². The summed E-state index contributed by atoms with van der Waals surface area (Å²) in [4.78, 5) is 4.30. The molecule has 0 spiro atoms. The van der Waals surface area contributed by atoms with Gasteiger partial charge in [0.15, 0.2) is 0 Å². The lowest BCUT2D eigenvalue weighted by Gasteiger charge is -2.27. The van der Waals surface area contributed by atoms with Gasteiger partial charge in [-0.1, -0.05) is 0 Å². The fraction of sp³-hybridized carbons (Fsp3) is 0.545. The van der Waals surface area contributed by atoms with Crippen molar-refractivity contribution in [3.8, 4) is 0 Å². The monoisotopic (exact) mass is 269 g/mol. The first-order chi connectivity index (χ1) is 7.24. The number of nitrogens with zero attached hydrogens (tertiary/aromatic N) is 1. The first-order valence-electron chi connectivity index (χ1n) is 5.38. The van der Waals surface area contributed by atoms with E-state index in [9.17, 15) is 0 Å². The lowest BCUT2D eigenvalue weighted by Crippen LogP contribution is -2.32. The van der Waals surface area contributed by atoms with Crippen LogP contribution in [0.15, 0.2) is 22.8 Å². The fourth-order valence-corrected chi connectivity index (χ4v) is 2.17. The molecule has 0 saturated heterocycles. The molecule has 0 bridgehead atoms. The molecular formula is C11H16BrN3. The van der Waals surface area contributed by atoms with Gasteiger partial charge in [0.2, 0.25) is 0 Å². The quantitative estimate of drug-likeness (QED) is 0.868. The van der Waals surface area contributed by atoms with Crippen LogP contribution in [0.3, 0.4) is 0 Å². The zero-order chi connectivity index (χ0) is 10.7. The van der Waals surface area contributed by atoms with Crippen molar-refractivity contribution in [3.05, 3.63) is 22.8 Å². The number of hydrogen-bond acceptors (Lipinski definition) is 3. The Labute approximate surface area is 98.6 Å². The van der Waals surface area contributed by atoms with Crippen LogP contribution in [0.2, 0.25) is 0 Å². The molecule has 0 atom stereocenters. The molecular weight excluding hydrogens is 254 g/mol. The second-order valence-corrected chi connectivity index (χ2v) is 5.03. The molecule has 0 aromatic carbocycles. The van der Waals surface area contributed by atoms with E-state index in [1.54, 1.807) is 0 Å². The third-order valence-corrected chi connectivity index (χ3v) is 3.32. The van der Waals surface area contributed by atoms with E-state index in [0.29, 0.717) is 12.1 Å². The highest BCUT2D eigenvalue weighted by Crippen LogP contribution is 2.20. The van der Waals surface area contributed by atoms with Crippen LogP contribution in [0.5, 0.6) is 0 Å². The van der Waals surface area contributed by atoms with Gasteiger partial charge < -0.3 is 11.1 Å². The molecule has 82 valence electrons. The minimum absolute atomic E-state index is 0.404. The summed E-state index contributed by atoms with van der Waals surface area (Å²) >= 11 is 3.37. The lowest BCUT2D eigenvalue weighted by atomic mass is 9.92. The number of hydrogen-bond donors (Lipinski definition) is 2. The highest BCUT2D eigenvalue weighted by Gasteiger charge is 2.18. The SMILES string of the molecule is NC1CCC(Nc2ccc(Br)cn2)CC1. The third kappa shape index (κ3) is 3.18. The van der Waals surface area contributed by atoms with Crippen molar-refractivity contribution in [3.63, 3.8) is 0 Å². The fourth-order valence-electron chi connectivity index (χ4n) is 1.93. The smallest absolute Gasteiger partial charge is 0.126 e. The van der Waals surface area contributed by atoms with Gasteiger partial charge in [-0.05, 0) is 53.7 Å². The summed E-state index contributed by atoms with van der Waals surface area (Å²) in [7, 11) is 0. The lowest BCUT2D eigenvalue weighted by molar-refractivity contribution is 0.410. The van der Waals surface area contributed by atoms with Crippen LogP contribution < -0.4 is 11.1 Å². The van der Waals surface area contributed by atoms with Gasteiger partial charge in [-0.15, -0.1) is 0 Å². The van der Waals surface area contributed by atoms with E-state index in [-0.39, 0.29) is 0 Å². The third-order valence-electron chi connectivity index (χ3n) is 2.85. The van der Waals surface area contributed by atoms with E-state index < -0.39 is 0 Å². The van der Waals surface area contributed by atoms with Crippen molar-refractivity contribution in [2.45, 2.75) is 37.8 Å². The molecule has 15 heavy (non-hydrogen) atoms. The maximum absolute atomic E-state index is 5.86. The second kappa shape index (κ2) is 4.94. The Morgan fingerprint density at radius 3 is 2.60 bits per heavy atom. The van der Waals surface area contributed by atoms with Crippen LogP contribution in [0.25, 0.3) is 0 Å². The highest BCUT2D eigenvalue weighted by molar-refractivity contribution is 9.10. The first kappa shape index (κ1) is 10.9. The van der Waals surface area contributed by atoms with E-state index >= 15 is 0 Å². The van der Waals surface area contributed by atoms with Gasteiger partial charge in [0, 0.05) is 22.8 Å². The zero-order valence-corrected chi connectivity index (χ0v) is 10.2. The van der Waals surface area contributed by atoms with Crippen LogP contribution in [-0.2, 0) is 0 Å². The molecule has 0 aliphatic heterocycles. The summed E-state index contributed by atoms with van der Waals surface area (Å²) in [5, 5.41) is 3.44. The number of halogens is 1. The minimum Gasteiger partial charge on any atom is -0.367 e. The molecule has 2 rings (SSSR count). The average Bonchev–Trinajstić information content (AvgIpc) is 2.25. The van der Waals surface area contributed by atoms with Crippen molar-refractivity contribution in [2.24, 2.45) is 5.73 Å². The van der Waals surface area contributed by atoms with Crippen molar-refractivity contribution in [1.82, 2.24) is 4.98 Å².